The molecular formula is C15H15ClN3O2+. The molecule has 3 N–H and O–H groups in total. The number of furan rings is 1. The average Bonchev–Trinajstić information content (AvgIpc) is 2.98. The van der Waals surface area contributed by atoms with Gasteiger partial charge in [-0.1, -0.05) is 11.6 Å². The minimum absolute atomic E-state index is 0.147. The van der Waals surface area contributed by atoms with Crippen molar-refractivity contribution in [2.45, 2.75) is 19.5 Å². The van der Waals surface area contributed by atoms with Crippen molar-refractivity contribution in [2.75, 3.05) is 0 Å². The monoisotopic (exact) mass is 304 g/mol. The van der Waals surface area contributed by atoms with E-state index in [1.807, 2.05) is 24.4 Å². The minimum atomic E-state index is -0.147. The van der Waals surface area contributed by atoms with E-state index in [9.17, 15) is 4.79 Å². The smallest absolute Gasteiger partial charge is 0.258 e. The molecule has 6 heteroatoms. The molecule has 0 radical (unpaired) electrons. The molecule has 0 aliphatic carbocycles. The summed E-state index contributed by atoms with van der Waals surface area (Å²) in [4.78, 5) is 19.3. The van der Waals surface area contributed by atoms with Crippen LogP contribution in [0.5, 0.6) is 0 Å². The van der Waals surface area contributed by atoms with E-state index in [-0.39, 0.29) is 11.6 Å². The maximum absolute atomic E-state index is 12.0. The van der Waals surface area contributed by atoms with Gasteiger partial charge in [-0.05, 0) is 37.3 Å². The van der Waals surface area contributed by atoms with Crippen molar-refractivity contribution >= 4 is 22.5 Å². The molecule has 0 saturated carbocycles. The number of aromatic nitrogens is 2. The summed E-state index contributed by atoms with van der Waals surface area (Å²) in [6.45, 7) is 2.59. The number of H-pyrrole nitrogens is 1. The SMILES string of the molecule is C[C@H]([NH2+]Cc1nc2cc(Cl)ccc2c(=O)[nH]1)c1ccco1. The second-order valence-electron chi connectivity index (χ2n) is 4.92. The number of rotatable bonds is 4. The number of quaternary nitrogens is 1. The van der Waals surface area contributed by atoms with E-state index in [0.717, 1.165) is 5.76 Å². The van der Waals surface area contributed by atoms with Gasteiger partial charge in [-0.25, -0.2) is 4.98 Å². The summed E-state index contributed by atoms with van der Waals surface area (Å²) in [6, 6.07) is 9.01. The fourth-order valence-corrected chi connectivity index (χ4v) is 2.38. The Labute approximate surface area is 126 Å². The standard InChI is InChI=1S/C15H14ClN3O2/c1-9(13-3-2-6-21-13)17-8-14-18-12-7-10(16)4-5-11(12)15(20)19-14/h2-7,9,17H,8H2,1H3,(H,18,19,20)/p+1/t9-/m0/s1. The van der Waals surface area contributed by atoms with E-state index in [1.165, 1.54) is 0 Å². The summed E-state index contributed by atoms with van der Waals surface area (Å²) < 4.78 is 5.35. The van der Waals surface area contributed by atoms with Crippen LogP contribution in [0.1, 0.15) is 24.6 Å². The molecule has 3 aromatic rings. The predicted octanol–water partition coefficient (Wildman–Crippen LogP) is 1.99. The second kappa shape index (κ2) is 5.71. The van der Waals surface area contributed by atoms with Gasteiger partial charge in [0.2, 0.25) is 0 Å². The highest BCUT2D eigenvalue weighted by Gasteiger charge is 2.12. The quantitative estimate of drug-likeness (QED) is 0.774. The van der Waals surface area contributed by atoms with Gasteiger partial charge in [0.25, 0.3) is 5.56 Å². The zero-order valence-electron chi connectivity index (χ0n) is 11.5. The highest BCUT2D eigenvalue weighted by Crippen LogP contribution is 2.14. The summed E-state index contributed by atoms with van der Waals surface area (Å²) in [7, 11) is 0. The zero-order chi connectivity index (χ0) is 14.8. The number of benzene rings is 1. The molecular weight excluding hydrogens is 290 g/mol. The van der Waals surface area contributed by atoms with Crippen LogP contribution in [-0.4, -0.2) is 9.97 Å². The van der Waals surface area contributed by atoms with Crippen molar-refractivity contribution in [2.24, 2.45) is 0 Å². The summed E-state index contributed by atoms with van der Waals surface area (Å²) in [5.41, 5.74) is 0.464. The van der Waals surface area contributed by atoms with Crippen molar-refractivity contribution in [1.29, 1.82) is 0 Å². The summed E-state index contributed by atoms with van der Waals surface area (Å²) in [5, 5.41) is 3.16. The normalized spacial score (nSPS) is 12.7. The zero-order valence-corrected chi connectivity index (χ0v) is 12.2. The Balaban J connectivity index is 1.83. The molecule has 0 saturated heterocycles. The van der Waals surface area contributed by atoms with Crippen LogP contribution in [0.15, 0.2) is 45.8 Å². The molecule has 1 aromatic carbocycles. The number of nitrogens with two attached hydrogens (primary N) is 1. The van der Waals surface area contributed by atoms with E-state index >= 15 is 0 Å². The van der Waals surface area contributed by atoms with Crippen LogP contribution in [-0.2, 0) is 6.54 Å². The van der Waals surface area contributed by atoms with Gasteiger partial charge in [-0.2, -0.15) is 0 Å². The first-order chi connectivity index (χ1) is 10.1. The van der Waals surface area contributed by atoms with Gasteiger partial charge in [0.05, 0.1) is 17.2 Å². The van der Waals surface area contributed by atoms with E-state index in [4.69, 9.17) is 16.0 Å². The van der Waals surface area contributed by atoms with E-state index in [2.05, 4.69) is 9.97 Å². The molecule has 0 spiro atoms. The van der Waals surface area contributed by atoms with Gasteiger partial charge >= 0.3 is 0 Å². The number of nitrogens with zero attached hydrogens (tertiary/aromatic N) is 1. The molecule has 0 aliphatic heterocycles. The van der Waals surface area contributed by atoms with E-state index in [1.54, 1.807) is 24.5 Å². The van der Waals surface area contributed by atoms with Crippen LogP contribution in [0.3, 0.4) is 0 Å². The highest BCUT2D eigenvalue weighted by molar-refractivity contribution is 6.31. The van der Waals surface area contributed by atoms with Gasteiger partial charge < -0.3 is 14.7 Å². The Bertz CT molecular complexity index is 811. The Morgan fingerprint density at radius 1 is 1.43 bits per heavy atom. The third-order valence-electron chi connectivity index (χ3n) is 3.37. The van der Waals surface area contributed by atoms with Crippen LogP contribution in [0.25, 0.3) is 10.9 Å². The van der Waals surface area contributed by atoms with Gasteiger partial charge in [-0.15, -0.1) is 0 Å². The first kappa shape index (κ1) is 13.9. The van der Waals surface area contributed by atoms with Crippen LogP contribution in [0.2, 0.25) is 5.02 Å². The molecule has 0 aliphatic rings. The van der Waals surface area contributed by atoms with Gasteiger partial charge in [0.1, 0.15) is 12.6 Å². The number of halogens is 1. The van der Waals surface area contributed by atoms with Crippen molar-refractivity contribution in [1.82, 2.24) is 9.97 Å². The molecule has 5 nitrogen and oxygen atoms in total. The van der Waals surface area contributed by atoms with Gasteiger partial charge in [0, 0.05) is 5.02 Å². The number of nitrogens with one attached hydrogen (secondary N) is 1. The largest absolute Gasteiger partial charge is 0.463 e. The van der Waals surface area contributed by atoms with Crippen LogP contribution in [0.4, 0.5) is 0 Å². The maximum atomic E-state index is 12.0. The fourth-order valence-electron chi connectivity index (χ4n) is 2.21. The van der Waals surface area contributed by atoms with Crippen molar-refractivity contribution in [3.63, 3.8) is 0 Å². The molecule has 2 heterocycles. The summed E-state index contributed by atoms with van der Waals surface area (Å²) >= 11 is 5.95. The molecule has 3 rings (SSSR count). The fraction of sp³-hybridized carbons (Fsp3) is 0.200. The Morgan fingerprint density at radius 2 is 2.29 bits per heavy atom. The third kappa shape index (κ3) is 2.99. The minimum Gasteiger partial charge on any atom is -0.463 e. The number of hydrogen-bond donors (Lipinski definition) is 2. The van der Waals surface area contributed by atoms with Crippen LogP contribution in [0, 0.1) is 0 Å². The lowest BCUT2D eigenvalue weighted by molar-refractivity contribution is -0.710. The molecule has 0 bridgehead atoms. The molecule has 2 aromatic heterocycles. The lowest BCUT2D eigenvalue weighted by atomic mass is 10.2. The van der Waals surface area contributed by atoms with Crippen molar-refractivity contribution < 1.29 is 9.73 Å². The molecule has 1 atom stereocenters. The van der Waals surface area contributed by atoms with E-state index in [0.29, 0.717) is 28.3 Å². The maximum Gasteiger partial charge on any atom is 0.258 e. The van der Waals surface area contributed by atoms with E-state index < -0.39 is 0 Å². The van der Waals surface area contributed by atoms with Crippen LogP contribution < -0.4 is 10.9 Å². The first-order valence-electron chi connectivity index (χ1n) is 6.68. The van der Waals surface area contributed by atoms with Gasteiger partial charge in [-0.3, -0.25) is 4.79 Å². The number of aromatic amines is 1. The van der Waals surface area contributed by atoms with Crippen LogP contribution >= 0.6 is 11.6 Å². The number of fused-ring (bicyclic) bond motifs is 1. The van der Waals surface area contributed by atoms with Crippen molar-refractivity contribution in [3.05, 3.63) is 63.6 Å². The summed E-state index contributed by atoms with van der Waals surface area (Å²) in [6.07, 6.45) is 1.65. The third-order valence-corrected chi connectivity index (χ3v) is 3.61. The topological polar surface area (TPSA) is 75.5 Å². The predicted molar refractivity (Wildman–Crippen MR) is 80.1 cm³/mol. The Kier molecular flexibility index (Phi) is 3.77. The second-order valence-corrected chi connectivity index (χ2v) is 5.35. The molecule has 21 heavy (non-hydrogen) atoms. The average molecular weight is 305 g/mol. The van der Waals surface area contributed by atoms with Crippen molar-refractivity contribution in [3.8, 4) is 0 Å². The summed E-state index contributed by atoms with van der Waals surface area (Å²) in [5.74, 6) is 1.51. The highest BCUT2D eigenvalue weighted by atomic mass is 35.5. The Morgan fingerprint density at radius 3 is 3.05 bits per heavy atom. The molecule has 0 fully saturated rings. The Hall–Kier alpha value is -2.11. The lowest BCUT2D eigenvalue weighted by Crippen LogP contribution is -2.83. The number of hydrogen-bond acceptors (Lipinski definition) is 3. The van der Waals surface area contributed by atoms with Gasteiger partial charge in [0.15, 0.2) is 11.6 Å². The molecule has 0 unspecified atom stereocenters. The first-order valence-corrected chi connectivity index (χ1v) is 7.06. The lowest BCUT2D eigenvalue weighted by Gasteiger charge is -2.08. The molecule has 0 amide bonds. The molecule has 108 valence electrons.